The number of primary amides is 1. The standard InChI is InChI=1S/C15H14F2N2O2/c1-2-21-13-5-6-19-12(14(13)15(18)20)8-9-3-4-10(16)11(17)7-9/h3-7H,2,8H2,1H3,(H2,18,20). The first-order valence-corrected chi connectivity index (χ1v) is 6.37. The van der Waals surface area contributed by atoms with Gasteiger partial charge in [0.05, 0.1) is 12.3 Å². The van der Waals surface area contributed by atoms with Gasteiger partial charge in [0.25, 0.3) is 5.91 Å². The fourth-order valence-corrected chi connectivity index (χ4v) is 2.00. The van der Waals surface area contributed by atoms with E-state index in [9.17, 15) is 13.6 Å². The number of amides is 1. The third-order valence-electron chi connectivity index (χ3n) is 2.89. The summed E-state index contributed by atoms with van der Waals surface area (Å²) in [7, 11) is 0. The summed E-state index contributed by atoms with van der Waals surface area (Å²) >= 11 is 0. The van der Waals surface area contributed by atoms with Crippen LogP contribution in [0.4, 0.5) is 8.78 Å². The Kier molecular flexibility index (Phi) is 4.47. The molecule has 1 amide bonds. The molecule has 0 unspecified atom stereocenters. The van der Waals surface area contributed by atoms with Gasteiger partial charge in [-0.05, 0) is 30.7 Å². The minimum Gasteiger partial charge on any atom is -0.493 e. The van der Waals surface area contributed by atoms with Crippen molar-refractivity contribution in [3.63, 3.8) is 0 Å². The average Bonchev–Trinajstić information content (AvgIpc) is 2.43. The van der Waals surface area contributed by atoms with E-state index in [4.69, 9.17) is 10.5 Å². The number of carbonyl (C=O) groups excluding carboxylic acids is 1. The highest BCUT2D eigenvalue weighted by Gasteiger charge is 2.17. The number of nitrogens with two attached hydrogens (primary N) is 1. The van der Waals surface area contributed by atoms with Gasteiger partial charge in [0.15, 0.2) is 11.6 Å². The van der Waals surface area contributed by atoms with Crippen molar-refractivity contribution in [2.24, 2.45) is 5.73 Å². The molecule has 0 fully saturated rings. The highest BCUT2D eigenvalue weighted by atomic mass is 19.2. The van der Waals surface area contributed by atoms with Crippen molar-refractivity contribution in [3.8, 4) is 5.75 Å². The first kappa shape index (κ1) is 14.9. The summed E-state index contributed by atoms with van der Waals surface area (Å²) in [5, 5.41) is 0. The lowest BCUT2D eigenvalue weighted by atomic mass is 10.0. The van der Waals surface area contributed by atoms with E-state index in [1.807, 2.05) is 0 Å². The number of pyridine rings is 1. The van der Waals surface area contributed by atoms with E-state index in [2.05, 4.69) is 4.98 Å². The van der Waals surface area contributed by atoms with Gasteiger partial charge in [-0.3, -0.25) is 9.78 Å². The number of benzene rings is 1. The largest absolute Gasteiger partial charge is 0.493 e. The number of aromatic nitrogens is 1. The van der Waals surface area contributed by atoms with E-state index in [-0.39, 0.29) is 12.0 Å². The summed E-state index contributed by atoms with van der Waals surface area (Å²) in [5.74, 6) is -2.22. The molecule has 1 heterocycles. The Labute approximate surface area is 120 Å². The Balaban J connectivity index is 2.41. The third-order valence-corrected chi connectivity index (χ3v) is 2.89. The number of halogens is 2. The molecule has 0 aliphatic carbocycles. The van der Waals surface area contributed by atoms with Crippen LogP contribution in [0.3, 0.4) is 0 Å². The highest BCUT2D eigenvalue weighted by Crippen LogP contribution is 2.23. The Morgan fingerprint density at radius 2 is 2.05 bits per heavy atom. The van der Waals surface area contributed by atoms with Crippen molar-refractivity contribution < 1.29 is 18.3 Å². The molecule has 4 nitrogen and oxygen atoms in total. The average molecular weight is 292 g/mol. The molecule has 110 valence electrons. The predicted molar refractivity (Wildman–Crippen MR) is 73.1 cm³/mol. The molecule has 0 aliphatic rings. The van der Waals surface area contributed by atoms with Gasteiger partial charge in [0.1, 0.15) is 11.3 Å². The molecule has 2 rings (SSSR count). The monoisotopic (exact) mass is 292 g/mol. The van der Waals surface area contributed by atoms with Crippen molar-refractivity contribution in [1.29, 1.82) is 0 Å². The molecule has 0 radical (unpaired) electrons. The summed E-state index contributed by atoms with van der Waals surface area (Å²) in [6.45, 7) is 2.15. The smallest absolute Gasteiger partial charge is 0.254 e. The fraction of sp³-hybridized carbons (Fsp3) is 0.200. The maximum atomic E-state index is 13.2. The number of nitrogens with zero attached hydrogens (tertiary/aromatic N) is 1. The Bertz CT molecular complexity index is 675. The Morgan fingerprint density at radius 3 is 2.67 bits per heavy atom. The van der Waals surface area contributed by atoms with Gasteiger partial charge in [-0.15, -0.1) is 0 Å². The van der Waals surface area contributed by atoms with E-state index >= 15 is 0 Å². The summed E-state index contributed by atoms with van der Waals surface area (Å²) in [4.78, 5) is 15.7. The van der Waals surface area contributed by atoms with Crippen molar-refractivity contribution in [3.05, 3.63) is 58.9 Å². The van der Waals surface area contributed by atoms with Gasteiger partial charge < -0.3 is 10.5 Å². The number of carbonyl (C=O) groups is 1. The SMILES string of the molecule is CCOc1ccnc(Cc2ccc(F)c(F)c2)c1C(N)=O. The highest BCUT2D eigenvalue weighted by molar-refractivity contribution is 5.96. The molecule has 0 saturated carbocycles. The lowest BCUT2D eigenvalue weighted by molar-refractivity contribution is 0.0995. The second kappa shape index (κ2) is 6.30. The summed E-state index contributed by atoms with van der Waals surface area (Å²) in [6.07, 6.45) is 1.63. The molecule has 0 bridgehead atoms. The molecule has 0 atom stereocenters. The van der Waals surface area contributed by atoms with Crippen molar-refractivity contribution in [2.45, 2.75) is 13.3 Å². The van der Waals surface area contributed by atoms with Crippen LogP contribution in [0.1, 0.15) is 28.5 Å². The molecule has 0 aliphatic heterocycles. The zero-order valence-electron chi connectivity index (χ0n) is 11.4. The Hall–Kier alpha value is -2.50. The van der Waals surface area contributed by atoms with Crippen LogP contribution in [0.2, 0.25) is 0 Å². The minimum absolute atomic E-state index is 0.149. The van der Waals surface area contributed by atoms with Gasteiger partial charge in [-0.1, -0.05) is 6.07 Å². The maximum absolute atomic E-state index is 13.2. The second-order valence-electron chi connectivity index (χ2n) is 4.35. The van der Waals surface area contributed by atoms with Crippen LogP contribution < -0.4 is 10.5 Å². The molecular weight excluding hydrogens is 278 g/mol. The van der Waals surface area contributed by atoms with E-state index in [0.717, 1.165) is 12.1 Å². The van der Waals surface area contributed by atoms with Crippen molar-refractivity contribution in [2.75, 3.05) is 6.61 Å². The summed E-state index contributed by atoms with van der Waals surface area (Å²) < 4.78 is 31.5. The maximum Gasteiger partial charge on any atom is 0.254 e. The topological polar surface area (TPSA) is 65.2 Å². The molecule has 2 N–H and O–H groups in total. The quantitative estimate of drug-likeness (QED) is 0.920. The van der Waals surface area contributed by atoms with Crippen LogP contribution in [-0.2, 0) is 6.42 Å². The molecule has 6 heteroatoms. The third kappa shape index (κ3) is 3.34. The van der Waals surface area contributed by atoms with Crippen molar-refractivity contribution >= 4 is 5.91 Å². The summed E-state index contributed by atoms with van der Waals surface area (Å²) in [6, 6.07) is 5.06. The number of hydrogen-bond donors (Lipinski definition) is 1. The predicted octanol–water partition coefficient (Wildman–Crippen LogP) is 2.45. The van der Waals surface area contributed by atoms with E-state index < -0.39 is 17.5 Å². The lowest BCUT2D eigenvalue weighted by Gasteiger charge is -2.11. The van der Waals surface area contributed by atoms with E-state index in [1.165, 1.54) is 12.3 Å². The summed E-state index contributed by atoms with van der Waals surface area (Å²) in [5.41, 5.74) is 6.36. The van der Waals surface area contributed by atoms with Gasteiger partial charge in [0.2, 0.25) is 0 Å². The van der Waals surface area contributed by atoms with Gasteiger partial charge in [0, 0.05) is 12.6 Å². The first-order valence-electron chi connectivity index (χ1n) is 6.37. The van der Waals surface area contributed by atoms with Crippen LogP contribution in [0.25, 0.3) is 0 Å². The van der Waals surface area contributed by atoms with Crippen LogP contribution in [0.5, 0.6) is 5.75 Å². The molecular formula is C15H14F2N2O2. The van der Waals surface area contributed by atoms with Crippen LogP contribution >= 0.6 is 0 Å². The van der Waals surface area contributed by atoms with Gasteiger partial charge >= 0.3 is 0 Å². The zero-order valence-corrected chi connectivity index (χ0v) is 11.4. The molecule has 1 aromatic carbocycles. The van der Waals surface area contributed by atoms with Gasteiger partial charge in [-0.25, -0.2) is 8.78 Å². The molecule has 0 spiro atoms. The van der Waals surface area contributed by atoms with Gasteiger partial charge in [-0.2, -0.15) is 0 Å². The molecule has 2 aromatic rings. The zero-order chi connectivity index (χ0) is 15.4. The van der Waals surface area contributed by atoms with E-state index in [1.54, 1.807) is 13.0 Å². The lowest BCUT2D eigenvalue weighted by Crippen LogP contribution is -2.17. The first-order chi connectivity index (χ1) is 10.0. The minimum atomic E-state index is -0.950. The molecule has 0 saturated heterocycles. The molecule has 1 aromatic heterocycles. The number of hydrogen-bond acceptors (Lipinski definition) is 3. The van der Waals surface area contributed by atoms with Crippen LogP contribution in [0, 0.1) is 11.6 Å². The normalized spacial score (nSPS) is 10.4. The van der Waals surface area contributed by atoms with Crippen LogP contribution in [0.15, 0.2) is 30.5 Å². The van der Waals surface area contributed by atoms with E-state index in [0.29, 0.717) is 23.6 Å². The number of ether oxygens (including phenoxy) is 1. The molecule has 21 heavy (non-hydrogen) atoms. The number of rotatable bonds is 5. The Morgan fingerprint density at radius 1 is 1.29 bits per heavy atom. The van der Waals surface area contributed by atoms with Crippen molar-refractivity contribution in [1.82, 2.24) is 4.98 Å². The van der Waals surface area contributed by atoms with Crippen LogP contribution in [-0.4, -0.2) is 17.5 Å². The second-order valence-corrected chi connectivity index (χ2v) is 4.35. The fourth-order valence-electron chi connectivity index (χ4n) is 2.00.